The van der Waals surface area contributed by atoms with Crippen molar-refractivity contribution < 1.29 is 19.1 Å². The van der Waals surface area contributed by atoms with Crippen LogP contribution in [0.3, 0.4) is 0 Å². The fourth-order valence-corrected chi connectivity index (χ4v) is 3.22. The Balaban J connectivity index is 1.41. The SMILES string of the molecule is O=C(CN1C(=O)c2ccccc2C1=O)NC1COc2ccccc2C1. The number of hydrogen-bond acceptors (Lipinski definition) is 4. The smallest absolute Gasteiger partial charge is 0.262 e. The minimum absolute atomic E-state index is 0.183. The van der Waals surface area contributed by atoms with Crippen LogP contribution < -0.4 is 10.1 Å². The maximum Gasteiger partial charge on any atom is 0.262 e. The van der Waals surface area contributed by atoms with Crippen molar-refractivity contribution in [2.75, 3.05) is 13.2 Å². The summed E-state index contributed by atoms with van der Waals surface area (Å²) in [5.74, 6) is -0.405. The fourth-order valence-electron chi connectivity index (χ4n) is 3.22. The summed E-state index contributed by atoms with van der Waals surface area (Å²) < 4.78 is 5.64. The van der Waals surface area contributed by atoms with E-state index in [0.717, 1.165) is 16.2 Å². The van der Waals surface area contributed by atoms with E-state index in [2.05, 4.69) is 5.32 Å². The topological polar surface area (TPSA) is 75.7 Å². The molecule has 2 aliphatic rings. The summed E-state index contributed by atoms with van der Waals surface area (Å²) in [4.78, 5) is 37.9. The molecule has 0 aromatic heterocycles. The fraction of sp³-hybridized carbons (Fsp3) is 0.211. The van der Waals surface area contributed by atoms with Gasteiger partial charge in [0.25, 0.3) is 11.8 Å². The summed E-state index contributed by atoms with van der Waals surface area (Å²) in [6.07, 6.45) is 0.657. The monoisotopic (exact) mass is 336 g/mol. The number of para-hydroxylation sites is 1. The zero-order chi connectivity index (χ0) is 17.4. The van der Waals surface area contributed by atoms with Gasteiger partial charge >= 0.3 is 0 Å². The van der Waals surface area contributed by atoms with Crippen LogP contribution in [0.1, 0.15) is 26.3 Å². The molecule has 0 spiro atoms. The molecule has 1 N–H and O–H groups in total. The molecule has 2 aromatic carbocycles. The van der Waals surface area contributed by atoms with Gasteiger partial charge in [0.2, 0.25) is 5.91 Å². The standard InChI is InChI=1S/C19H16N2O4/c22-17(20-13-9-12-5-1-4-8-16(12)25-11-13)10-21-18(23)14-6-2-3-7-15(14)19(21)24/h1-8,13H,9-11H2,(H,20,22). The van der Waals surface area contributed by atoms with Crippen molar-refractivity contribution in [2.45, 2.75) is 12.5 Å². The molecule has 2 aromatic rings. The number of ether oxygens (including phenoxy) is 1. The molecule has 2 aliphatic heterocycles. The number of nitrogens with zero attached hydrogens (tertiary/aromatic N) is 1. The number of imide groups is 1. The van der Waals surface area contributed by atoms with Crippen LogP contribution in [-0.2, 0) is 11.2 Å². The Bertz CT molecular complexity index is 842. The van der Waals surface area contributed by atoms with Gasteiger partial charge < -0.3 is 10.1 Å². The highest BCUT2D eigenvalue weighted by atomic mass is 16.5. The lowest BCUT2D eigenvalue weighted by molar-refractivity contribution is -0.122. The molecule has 126 valence electrons. The Kier molecular flexibility index (Phi) is 3.72. The maximum atomic E-state index is 12.3. The number of rotatable bonds is 3. The summed E-state index contributed by atoms with van der Waals surface area (Å²) in [7, 11) is 0. The van der Waals surface area contributed by atoms with Crippen LogP contribution in [0.25, 0.3) is 0 Å². The van der Waals surface area contributed by atoms with Crippen LogP contribution in [0.15, 0.2) is 48.5 Å². The lowest BCUT2D eigenvalue weighted by Crippen LogP contribution is -2.47. The summed E-state index contributed by atoms with van der Waals surface area (Å²) in [6.45, 7) is 0.0787. The van der Waals surface area contributed by atoms with Crippen molar-refractivity contribution in [1.82, 2.24) is 10.2 Å². The molecular weight excluding hydrogens is 320 g/mol. The Morgan fingerprint density at radius 2 is 1.68 bits per heavy atom. The molecule has 0 bridgehead atoms. The van der Waals surface area contributed by atoms with Crippen molar-refractivity contribution in [3.63, 3.8) is 0 Å². The van der Waals surface area contributed by atoms with E-state index >= 15 is 0 Å². The lowest BCUT2D eigenvalue weighted by atomic mass is 10.0. The van der Waals surface area contributed by atoms with Gasteiger partial charge in [0.15, 0.2) is 0 Å². The minimum atomic E-state index is -0.430. The average Bonchev–Trinajstić information content (AvgIpc) is 2.87. The molecule has 2 heterocycles. The molecule has 6 nitrogen and oxygen atoms in total. The van der Waals surface area contributed by atoms with Crippen molar-refractivity contribution in [1.29, 1.82) is 0 Å². The molecular formula is C19H16N2O4. The van der Waals surface area contributed by atoms with E-state index in [0.29, 0.717) is 24.2 Å². The molecule has 0 fully saturated rings. The molecule has 6 heteroatoms. The first kappa shape index (κ1) is 15.4. The van der Waals surface area contributed by atoms with Crippen molar-refractivity contribution in [2.24, 2.45) is 0 Å². The summed E-state index contributed by atoms with van der Waals surface area (Å²) in [5, 5.41) is 2.84. The van der Waals surface area contributed by atoms with Gasteiger partial charge in [0, 0.05) is 0 Å². The third-order valence-corrected chi connectivity index (χ3v) is 4.42. The van der Waals surface area contributed by atoms with Gasteiger partial charge in [-0.1, -0.05) is 30.3 Å². The normalized spacial score (nSPS) is 18.4. The minimum Gasteiger partial charge on any atom is -0.491 e. The van der Waals surface area contributed by atoms with Crippen LogP contribution in [-0.4, -0.2) is 41.8 Å². The van der Waals surface area contributed by atoms with Crippen LogP contribution in [0.2, 0.25) is 0 Å². The van der Waals surface area contributed by atoms with Crippen LogP contribution in [0, 0.1) is 0 Å². The quantitative estimate of drug-likeness (QED) is 0.860. The molecule has 0 saturated heterocycles. The number of benzene rings is 2. The largest absolute Gasteiger partial charge is 0.491 e. The second-order valence-electron chi connectivity index (χ2n) is 6.13. The van der Waals surface area contributed by atoms with Crippen LogP contribution in [0.5, 0.6) is 5.75 Å². The van der Waals surface area contributed by atoms with Gasteiger partial charge in [-0.3, -0.25) is 19.3 Å². The Morgan fingerprint density at radius 1 is 1.04 bits per heavy atom. The average molecular weight is 336 g/mol. The van der Waals surface area contributed by atoms with Gasteiger partial charge in [-0.15, -0.1) is 0 Å². The number of carbonyl (C=O) groups is 3. The van der Waals surface area contributed by atoms with Crippen molar-refractivity contribution >= 4 is 17.7 Å². The highest BCUT2D eigenvalue weighted by Gasteiger charge is 2.36. The summed E-state index contributed by atoms with van der Waals surface area (Å²) >= 11 is 0. The second kappa shape index (κ2) is 6.05. The zero-order valence-electron chi connectivity index (χ0n) is 13.4. The van der Waals surface area contributed by atoms with Crippen molar-refractivity contribution in [3.8, 4) is 5.75 Å². The molecule has 4 rings (SSSR count). The molecule has 1 atom stereocenters. The zero-order valence-corrected chi connectivity index (χ0v) is 13.4. The summed E-state index contributed by atoms with van der Waals surface area (Å²) in [5.41, 5.74) is 1.71. The highest BCUT2D eigenvalue weighted by Crippen LogP contribution is 2.24. The van der Waals surface area contributed by atoms with Gasteiger partial charge in [0.1, 0.15) is 18.9 Å². The molecule has 0 radical (unpaired) electrons. The van der Waals surface area contributed by atoms with E-state index in [4.69, 9.17) is 4.74 Å². The highest BCUT2D eigenvalue weighted by molar-refractivity contribution is 6.22. The predicted molar refractivity (Wildman–Crippen MR) is 89.4 cm³/mol. The molecule has 25 heavy (non-hydrogen) atoms. The van der Waals surface area contributed by atoms with Crippen LogP contribution >= 0.6 is 0 Å². The number of carbonyl (C=O) groups excluding carboxylic acids is 3. The van der Waals surface area contributed by atoms with E-state index in [9.17, 15) is 14.4 Å². The summed E-state index contributed by atoms with van der Waals surface area (Å²) in [6, 6.07) is 14.1. The first-order chi connectivity index (χ1) is 12.1. The third-order valence-electron chi connectivity index (χ3n) is 4.42. The van der Waals surface area contributed by atoms with Gasteiger partial charge in [-0.05, 0) is 30.2 Å². The number of fused-ring (bicyclic) bond motifs is 2. The first-order valence-corrected chi connectivity index (χ1v) is 8.09. The van der Waals surface area contributed by atoms with Gasteiger partial charge in [-0.2, -0.15) is 0 Å². The molecule has 3 amide bonds. The van der Waals surface area contributed by atoms with Crippen molar-refractivity contribution in [3.05, 3.63) is 65.2 Å². The second-order valence-corrected chi connectivity index (χ2v) is 6.13. The van der Waals surface area contributed by atoms with E-state index in [1.54, 1.807) is 24.3 Å². The maximum absolute atomic E-state index is 12.3. The van der Waals surface area contributed by atoms with Gasteiger partial charge in [0.05, 0.1) is 17.2 Å². The Hall–Kier alpha value is -3.15. The third kappa shape index (κ3) is 2.76. The van der Waals surface area contributed by atoms with E-state index < -0.39 is 11.8 Å². The predicted octanol–water partition coefficient (Wildman–Crippen LogP) is 1.40. The molecule has 0 aliphatic carbocycles. The number of hydrogen-bond donors (Lipinski definition) is 1. The number of nitrogens with one attached hydrogen (secondary N) is 1. The van der Waals surface area contributed by atoms with Gasteiger partial charge in [-0.25, -0.2) is 0 Å². The Labute approximate surface area is 144 Å². The van der Waals surface area contributed by atoms with E-state index in [-0.39, 0.29) is 18.5 Å². The lowest BCUT2D eigenvalue weighted by Gasteiger charge is -2.26. The van der Waals surface area contributed by atoms with Crippen LogP contribution in [0.4, 0.5) is 0 Å². The van der Waals surface area contributed by atoms with E-state index in [1.807, 2.05) is 24.3 Å². The Morgan fingerprint density at radius 3 is 2.40 bits per heavy atom. The number of amides is 3. The molecule has 0 saturated carbocycles. The first-order valence-electron chi connectivity index (χ1n) is 8.09. The van der Waals surface area contributed by atoms with E-state index in [1.165, 1.54) is 0 Å². The molecule has 1 unspecified atom stereocenters.